The summed E-state index contributed by atoms with van der Waals surface area (Å²) in [6.45, 7) is 11.0. The molecule has 3 aromatic heterocycles. The molecule has 0 atom stereocenters. The zero-order chi connectivity index (χ0) is 25.2. The van der Waals surface area contributed by atoms with Gasteiger partial charge in [0.25, 0.3) is 0 Å². The lowest BCUT2D eigenvalue weighted by molar-refractivity contribution is 0.303. The molecule has 0 aliphatic rings. The lowest BCUT2D eigenvalue weighted by Crippen LogP contribution is -2.25. The van der Waals surface area contributed by atoms with Crippen LogP contribution in [-0.4, -0.2) is 59.1 Å². The van der Waals surface area contributed by atoms with E-state index in [1.54, 1.807) is 11.3 Å². The Kier molecular flexibility index (Phi) is 11.8. The maximum atomic E-state index is 6.09. The molecule has 7 nitrogen and oxygen atoms in total. The summed E-state index contributed by atoms with van der Waals surface area (Å²) in [5, 5.41) is 12.2. The molecule has 10 heteroatoms. The zero-order valence-corrected chi connectivity index (χ0v) is 23.7. The van der Waals surface area contributed by atoms with E-state index >= 15 is 0 Å². The molecular formula is C27H35Cl2N7S. The SMILES string of the molecule is CCN(CC)CCCNc1nccc(-c2ccc(CNCCNc3ccnc4cc(Cl)ccc34)s2)n1.Cl. The number of halogens is 2. The third kappa shape index (κ3) is 8.51. The molecule has 0 saturated heterocycles. The van der Waals surface area contributed by atoms with E-state index in [0.29, 0.717) is 11.0 Å². The third-order valence-electron chi connectivity index (χ3n) is 6.02. The van der Waals surface area contributed by atoms with Crippen molar-refractivity contribution < 1.29 is 0 Å². The fourth-order valence-corrected chi connectivity index (χ4v) is 5.12. The summed E-state index contributed by atoms with van der Waals surface area (Å²) < 4.78 is 0. The van der Waals surface area contributed by atoms with E-state index in [0.717, 1.165) is 79.4 Å². The van der Waals surface area contributed by atoms with Crippen LogP contribution < -0.4 is 16.0 Å². The zero-order valence-electron chi connectivity index (χ0n) is 21.3. The number of pyridine rings is 1. The van der Waals surface area contributed by atoms with E-state index in [1.165, 1.54) is 4.88 Å². The second-order valence-electron chi connectivity index (χ2n) is 8.46. The summed E-state index contributed by atoms with van der Waals surface area (Å²) in [4.78, 5) is 18.4. The van der Waals surface area contributed by atoms with Gasteiger partial charge in [-0.1, -0.05) is 25.4 Å². The molecule has 37 heavy (non-hydrogen) atoms. The topological polar surface area (TPSA) is 78.0 Å². The Hall–Kier alpha value is -2.49. The summed E-state index contributed by atoms with van der Waals surface area (Å²) in [5.41, 5.74) is 2.92. The van der Waals surface area contributed by atoms with Crippen molar-refractivity contribution in [1.82, 2.24) is 25.2 Å². The minimum absolute atomic E-state index is 0. The molecule has 1 aromatic carbocycles. The number of benzene rings is 1. The van der Waals surface area contributed by atoms with Crippen molar-refractivity contribution in [1.29, 1.82) is 0 Å². The number of aromatic nitrogens is 3. The fourth-order valence-electron chi connectivity index (χ4n) is 4.01. The largest absolute Gasteiger partial charge is 0.383 e. The van der Waals surface area contributed by atoms with Crippen LogP contribution in [0.1, 0.15) is 25.1 Å². The molecule has 0 radical (unpaired) electrons. The molecule has 0 unspecified atom stereocenters. The Morgan fingerprint density at radius 3 is 2.59 bits per heavy atom. The fraction of sp³-hybridized carbons (Fsp3) is 0.370. The summed E-state index contributed by atoms with van der Waals surface area (Å²) in [6, 6.07) is 14.1. The van der Waals surface area contributed by atoms with Gasteiger partial charge in [0.1, 0.15) is 0 Å². The molecule has 0 bridgehead atoms. The normalized spacial score (nSPS) is 11.0. The first-order valence-electron chi connectivity index (χ1n) is 12.5. The van der Waals surface area contributed by atoms with E-state index in [1.807, 2.05) is 42.7 Å². The van der Waals surface area contributed by atoms with Crippen molar-refractivity contribution >= 4 is 57.9 Å². The highest BCUT2D eigenvalue weighted by Gasteiger charge is 2.07. The van der Waals surface area contributed by atoms with Gasteiger partial charge >= 0.3 is 0 Å². The number of fused-ring (bicyclic) bond motifs is 1. The molecule has 0 spiro atoms. The van der Waals surface area contributed by atoms with E-state index in [2.05, 4.69) is 56.8 Å². The second kappa shape index (κ2) is 15.1. The van der Waals surface area contributed by atoms with Crippen LogP contribution in [0.25, 0.3) is 21.5 Å². The predicted octanol–water partition coefficient (Wildman–Crippen LogP) is 6.17. The number of nitrogens with one attached hydrogen (secondary N) is 3. The maximum absolute atomic E-state index is 6.09. The Morgan fingerprint density at radius 1 is 0.919 bits per heavy atom. The molecular weight excluding hydrogens is 525 g/mol. The molecule has 0 amide bonds. The Morgan fingerprint density at radius 2 is 1.76 bits per heavy atom. The second-order valence-corrected chi connectivity index (χ2v) is 10.1. The van der Waals surface area contributed by atoms with Gasteiger partial charge in [-0.3, -0.25) is 4.98 Å². The van der Waals surface area contributed by atoms with E-state index in [-0.39, 0.29) is 12.4 Å². The molecule has 0 aliphatic carbocycles. The monoisotopic (exact) mass is 559 g/mol. The third-order valence-corrected chi connectivity index (χ3v) is 7.36. The van der Waals surface area contributed by atoms with Gasteiger partial charge in [0.2, 0.25) is 5.95 Å². The summed E-state index contributed by atoms with van der Waals surface area (Å²) in [7, 11) is 0. The van der Waals surface area contributed by atoms with Crippen molar-refractivity contribution in [2.45, 2.75) is 26.8 Å². The number of rotatable bonds is 14. The van der Waals surface area contributed by atoms with Crippen molar-refractivity contribution in [3.8, 4) is 10.6 Å². The molecule has 3 N–H and O–H groups in total. The van der Waals surface area contributed by atoms with Gasteiger partial charge in [-0.25, -0.2) is 9.97 Å². The van der Waals surface area contributed by atoms with Crippen LogP contribution >= 0.6 is 35.3 Å². The quantitative estimate of drug-likeness (QED) is 0.159. The maximum Gasteiger partial charge on any atom is 0.223 e. The number of anilines is 2. The standard InChI is InChI=1S/C27H34ClN7S.ClH/c1-3-35(4-2)17-5-12-32-27-33-14-11-24(34-27)26-9-7-21(36-26)19-29-15-16-31-23-10-13-30-25-18-20(28)6-8-22(23)25;/h6-11,13-14,18,29H,3-5,12,15-17,19H2,1-2H3,(H,30,31)(H,32,33,34);1H. The molecule has 3 heterocycles. The van der Waals surface area contributed by atoms with Crippen LogP contribution in [0.4, 0.5) is 11.6 Å². The van der Waals surface area contributed by atoms with Crippen LogP contribution in [0, 0.1) is 0 Å². The summed E-state index contributed by atoms with van der Waals surface area (Å²) >= 11 is 7.85. The van der Waals surface area contributed by atoms with E-state index in [9.17, 15) is 0 Å². The lowest BCUT2D eigenvalue weighted by atomic mass is 10.2. The number of hydrogen-bond acceptors (Lipinski definition) is 8. The first kappa shape index (κ1) is 29.1. The van der Waals surface area contributed by atoms with Crippen molar-refractivity contribution in [2.75, 3.05) is 49.9 Å². The highest BCUT2D eigenvalue weighted by atomic mass is 35.5. The lowest BCUT2D eigenvalue weighted by Gasteiger charge is -2.17. The highest BCUT2D eigenvalue weighted by Crippen LogP contribution is 2.27. The molecule has 4 rings (SSSR count). The first-order chi connectivity index (χ1) is 17.7. The van der Waals surface area contributed by atoms with Gasteiger partial charge < -0.3 is 20.9 Å². The van der Waals surface area contributed by atoms with Crippen LogP contribution in [0.15, 0.2) is 54.9 Å². The van der Waals surface area contributed by atoms with Gasteiger partial charge in [-0.2, -0.15) is 0 Å². The van der Waals surface area contributed by atoms with Crippen LogP contribution in [0.3, 0.4) is 0 Å². The highest BCUT2D eigenvalue weighted by molar-refractivity contribution is 7.15. The van der Waals surface area contributed by atoms with Gasteiger partial charge in [0.15, 0.2) is 0 Å². The van der Waals surface area contributed by atoms with Gasteiger partial charge in [0.05, 0.1) is 16.1 Å². The van der Waals surface area contributed by atoms with E-state index in [4.69, 9.17) is 16.6 Å². The molecule has 198 valence electrons. The smallest absolute Gasteiger partial charge is 0.223 e. The van der Waals surface area contributed by atoms with Crippen LogP contribution in [-0.2, 0) is 6.54 Å². The first-order valence-corrected chi connectivity index (χ1v) is 13.7. The van der Waals surface area contributed by atoms with Gasteiger partial charge in [-0.05, 0) is 68.5 Å². The molecule has 0 saturated carbocycles. The van der Waals surface area contributed by atoms with Crippen molar-refractivity contribution in [3.63, 3.8) is 0 Å². The number of hydrogen-bond donors (Lipinski definition) is 3. The number of nitrogens with zero attached hydrogens (tertiary/aromatic N) is 4. The van der Waals surface area contributed by atoms with Gasteiger partial charge in [0, 0.05) is 59.5 Å². The average molecular weight is 561 g/mol. The minimum Gasteiger partial charge on any atom is -0.383 e. The Labute approximate surface area is 234 Å². The number of thiophene rings is 1. The summed E-state index contributed by atoms with van der Waals surface area (Å²) in [6.07, 6.45) is 4.71. The van der Waals surface area contributed by atoms with Crippen molar-refractivity contribution in [3.05, 3.63) is 64.8 Å². The molecule has 0 aliphatic heterocycles. The van der Waals surface area contributed by atoms with Crippen molar-refractivity contribution in [2.24, 2.45) is 0 Å². The van der Waals surface area contributed by atoms with Crippen LogP contribution in [0.5, 0.6) is 0 Å². The summed E-state index contributed by atoms with van der Waals surface area (Å²) in [5.74, 6) is 0.692. The Bertz CT molecular complexity index is 1250. The van der Waals surface area contributed by atoms with Crippen LogP contribution in [0.2, 0.25) is 5.02 Å². The minimum atomic E-state index is 0. The average Bonchev–Trinajstić information content (AvgIpc) is 3.38. The molecule has 0 fully saturated rings. The van der Waals surface area contributed by atoms with Gasteiger partial charge in [-0.15, -0.1) is 23.7 Å². The molecule has 4 aromatic rings. The predicted molar refractivity (Wildman–Crippen MR) is 160 cm³/mol. The van der Waals surface area contributed by atoms with E-state index < -0.39 is 0 Å². The Balaban J connectivity index is 0.00000380.